The average molecular weight is 353 g/mol. The van der Waals surface area contributed by atoms with Crippen molar-refractivity contribution in [1.82, 2.24) is 5.32 Å². The topological polar surface area (TPSA) is 49.4 Å². The largest absolute Gasteiger partial charge is 0.356 e. The van der Waals surface area contributed by atoms with Gasteiger partial charge in [0.2, 0.25) is 11.8 Å². The van der Waals surface area contributed by atoms with Crippen LogP contribution in [-0.4, -0.2) is 24.9 Å². The van der Waals surface area contributed by atoms with Crippen LogP contribution in [0.3, 0.4) is 0 Å². The fourth-order valence-electron chi connectivity index (χ4n) is 2.52. The van der Waals surface area contributed by atoms with Gasteiger partial charge in [-0.3, -0.25) is 9.59 Å². The number of nitrogens with one attached hydrogen (secondary N) is 1. The number of hydrogen-bond acceptors (Lipinski definition) is 2. The average Bonchev–Trinajstić information content (AvgIpc) is 2.86. The van der Waals surface area contributed by atoms with Crippen molar-refractivity contribution in [2.45, 2.75) is 32.6 Å². The standard InChI is InChI=1S/C16H21BrN2O2/c1-2-3-6-9-18-16(21)12-10-15(20)19(11-12)14-8-5-4-7-13(14)17/h4-5,7-8,12H,2-3,6,9-11H2,1H3,(H,18,21). The van der Waals surface area contributed by atoms with E-state index in [1.807, 2.05) is 24.3 Å². The Balaban J connectivity index is 1.93. The summed E-state index contributed by atoms with van der Waals surface area (Å²) in [4.78, 5) is 26.0. The first-order valence-electron chi connectivity index (χ1n) is 7.46. The minimum atomic E-state index is -0.244. The second-order valence-corrected chi connectivity index (χ2v) is 6.21. The smallest absolute Gasteiger partial charge is 0.227 e. The fourth-order valence-corrected chi connectivity index (χ4v) is 3.02. The van der Waals surface area contributed by atoms with Crippen molar-refractivity contribution in [3.8, 4) is 0 Å². The van der Waals surface area contributed by atoms with Crippen LogP contribution >= 0.6 is 15.9 Å². The molecule has 114 valence electrons. The molecule has 5 heteroatoms. The van der Waals surface area contributed by atoms with Gasteiger partial charge in [-0.25, -0.2) is 0 Å². The van der Waals surface area contributed by atoms with E-state index in [9.17, 15) is 9.59 Å². The maximum absolute atomic E-state index is 12.1. The third kappa shape index (κ3) is 4.06. The van der Waals surface area contributed by atoms with Crippen LogP contribution in [0.15, 0.2) is 28.7 Å². The Morgan fingerprint density at radius 3 is 2.86 bits per heavy atom. The zero-order valence-electron chi connectivity index (χ0n) is 12.3. The SMILES string of the molecule is CCCCCNC(=O)C1CC(=O)N(c2ccccc2Br)C1. The number of rotatable bonds is 6. The van der Waals surface area contributed by atoms with Crippen molar-refractivity contribution >= 4 is 33.4 Å². The van der Waals surface area contributed by atoms with E-state index < -0.39 is 0 Å². The van der Waals surface area contributed by atoms with E-state index in [1.165, 1.54) is 0 Å². The van der Waals surface area contributed by atoms with Gasteiger partial charge in [-0.05, 0) is 34.5 Å². The first-order chi connectivity index (χ1) is 10.1. The van der Waals surface area contributed by atoms with Gasteiger partial charge in [-0.2, -0.15) is 0 Å². The Hall–Kier alpha value is -1.36. The maximum atomic E-state index is 12.1. The number of nitrogens with zero attached hydrogens (tertiary/aromatic N) is 1. The quantitative estimate of drug-likeness (QED) is 0.799. The lowest BCUT2D eigenvalue weighted by molar-refractivity contribution is -0.126. The Labute approximate surface area is 134 Å². The number of para-hydroxylation sites is 1. The highest BCUT2D eigenvalue weighted by molar-refractivity contribution is 9.10. The summed E-state index contributed by atoms with van der Waals surface area (Å²) in [6.07, 6.45) is 3.54. The van der Waals surface area contributed by atoms with Crippen molar-refractivity contribution in [2.75, 3.05) is 18.0 Å². The molecule has 1 unspecified atom stereocenters. The molecule has 0 aliphatic carbocycles. The number of anilines is 1. The molecule has 1 atom stereocenters. The van der Waals surface area contributed by atoms with E-state index >= 15 is 0 Å². The predicted octanol–water partition coefficient (Wildman–Crippen LogP) is 3.11. The Morgan fingerprint density at radius 2 is 2.14 bits per heavy atom. The van der Waals surface area contributed by atoms with Crippen LogP contribution in [0.4, 0.5) is 5.69 Å². The number of halogens is 1. The normalized spacial score (nSPS) is 18.1. The van der Waals surface area contributed by atoms with Gasteiger partial charge in [0.15, 0.2) is 0 Å². The molecule has 0 spiro atoms. The van der Waals surface area contributed by atoms with Gasteiger partial charge in [-0.15, -0.1) is 0 Å². The molecule has 1 aromatic carbocycles. The number of benzene rings is 1. The summed E-state index contributed by atoms with van der Waals surface area (Å²) in [7, 11) is 0. The van der Waals surface area contributed by atoms with Crippen LogP contribution < -0.4 is 10.2 Å². The number of hydrogen-bond donors (Lipinski definition) is 1. The molecular formula is C16H21BrN2O2. The maximum Gasteiger partial charge on any atom is 0.227 e. The van der Waals surface area contributed by atoms with Crippen molar-refractivity contribution < 1.29 is 9.59 Å². The molecule has 21 heavy (non-hydrogen) atoms. The molecular weight excluding hydrogens is 332 g/mol. The van der Waals surface area contributed by atoms with Gasteiger partial charge >= 0.3 is 0 Å². The van der Waals surface area contributed by atoms with Gasteiger partial charge in [0.25, 0.3) is 0 Å². The molecule has 2 rings (SSSR count). The molecule has 4 nitrogen and oxygen atoms in total. The van der Waals surface area contributed by atoms with Crippen molar-refractivity contribution in [1.29, 1.82) is 0 Å². The third-order valence-corrected chi connectivity index (χ3v) is 4.39. The molecule has 0 bridgehead atoms. The zero-order chi connectivity index (χ0) is 15.2. The first kappa shape index (κ1) is 16.0. The minimum Gasteiger partial charge on any atom is -0.356 e. The molecule has 0 saturated carbocycles. The van der Waals surface area contributed by atoms with Gasteiger partial charge in [0.1, 0.15) is 0 Å². The summed E-state index contributed by atoms with van der Waals surface area (Å²) < 4.78 is 0.877. The van der Waals surface area contributed by atoms with Gasteiger partial charge in [0.05, 0.1) is 11.6 Å². The molecule has 0 radical (unpaired) electrons. The molecule has 1 fully saturated rings. The van der Waals surface area contributed by atoms with E-state index in [0.29, 0.717) is 19.5 Å². The third-order valence-electron chi connectivity index (χ3n) is 3.72. The first-order valence-corrected chi connectivity index (χ1v) is 8.25. The van der Waals surface area contributed by atoms with Gasteiger partial charge in [-0.1, -0.05) is 31.9 Å². The van der Waals surface area contributed by atoms with Crippen LogP contribution in [0.1, 0.15) is 32.6 Å². The summed E-state index contributed by atoms with van der Waals surface area (Å²) >= 11 is 3.46. The summed E-state index contributed by atoms with van der Waals surface area (Å²) in [6.45, 7) is 3.29. The van der Waals surface area contributed by atoms with Crippen LogP contribution in [0.2, 0.25) is 0 Å². The zero-order valence-corrected chi connectivity index (χ0v) is 13.9. The lowest BCUT2D eigenvalue weighted by atomic mass is 10.1. The number of carbonyl (C=O) groups excluding carboxylic acids is 2. The summed E-state index contributed by atoms with van der Waals surface area (Å²) in [5, 5.41) is 2.94. The summed E-state index contributed by atoms with van der Waals surface area (Å²) in [5.41, 5.74) is 0.837. The Kier molecular flexibility index (Phi) is 5.79. The van der Waals surface area contributed by atoms with Crippen LogP contribution in [0.5, 0.6) is 0 Å². The second-order valence-electron chi connectivity index (χ2n) is 5.35. The molecule has 2 amide bonds. The highest BCUT2D eigenvalue weighted by Gasteiger charge is 2.35. The lowest BCUT2D eigenvalue weighted by Gasteiger charge is -2.18. The summed E-state index contributed by atoms with van der Waals surface area (Å²) in [5.74, 6) is -0.240. The molecule has 1 aromatic rings. The molecule has 1 aliphatic heterocycles. The van der Waals surface area contributed by atoms with E-state index in [-0.39, 0.29) is 17.7 Å². The van der Waals surface area contributed by atoms with Crippen LogP contribution in [0.25, 0.3) is 0 Å². The molecule has 1 aliphatic rings. The Bertz CT molecular complexity index is 519. The van der Waals surface area contributed by atoms with Crippen molar-refractivity contribution in [3.63, 3.8) is 0 Å². The molecule has 0 aromatic heterocycles. The number of carbonyl (C=O) groups is 2. The second kappa shape index (κ2) is 7.59. The van der Waals surface area contributed by atoms with E-state index in [4.69, 9.17) is 0 Å². The van der Waals surface area contributed by atoms with Gasteiger partial charge < -0.3 is 10.2 Å². The Morgan fingerprint density at radius 1 is 1.38 bits per heavy atom. The van der Waals surface area contributed by atoms with E-state index in [1.54, 1.807) is 4.90 Å². The van der Waals surface area contributed by atoms with Crippen LogP contribution in [0, 0.1) is 5.92 Å². The van der Waals surface area contributed by atoms with Gasteiger partial charge in [0, 0.05) is 24.0 Å². The van der Waals surface area contributed by atoms with Crippen LogP contribution in [-0.2, 0) is 9.59 Å². The predicted molar refractivity (Wildman–Crippen MR) is 87.1 cm³/mol. The lowest BCUT2D eigenvalue weighted by Crippen LogP contribution is -2.33. The number of amides is 2. The highest BCUT2D eigenvalue weighted by atomic mass is 79.9. The fraction of sp³-hybridized carbons (Fsp3) is 0.500. The highest BCUT2D eigenvalue weighted by Crippen LogP contribution is 2.31. The molecule has 1 N–H and O–H groups in total. The molecule has 1 heterocycles. The number of unbranched alkanes of at least 4 members (excludes halogenated alkanes) is 2. The van der Waals surface area contributed by atoms with E-state index in [2.05, 4.69) is 28.2 Å². The minimum absolute atomic E-state index is 0.00555. The van der Waals surface area contributed by atoms with Crippen molar-refractivity contribution in [3.05, 3.63) is 28.7 Å². The summed E-state index contributed by atoms with van der Waals surface area (Å²) in [6, 6.07) is 7.60. The van der Waals surface area contributed by atoms with E-state index in [0.717, 1.165) is 29.4 Å². The molecule has 1 saturated heterocycles. The van der Waals surface area contributed by atoms with Crippen molar-refractivity contribution in [2.24, 2.45) is 5.92 Å². The monoisotopic (exact) mass is 352 g/mol.